The average molecular weight is 450 g/mol. The van der Waals surface area contributed by atoms with Crippen molar-refractivity contribution in [1.29, 1.82) is 0 Å². The molecule has 0 saturated heterocycles. The first-order chi connectivity index (χ1) is 14.6. The topological polar surface area (TPSA) is 96.5 Å². The molecule has 9 heteroatoms. The van der Waals surface area contributed by atoms with Crippen molar-refractivity contribution in [1.82, 2.24) is 20.2 Å². The minimum absolute atomic E-state index is 0.167. The Morgan fingerprint density at radius 3 is 2.71 bits per heavy atom. The summed E-state index contributed by atoms with van der Waals surface area (Å²) in [6.07, 6.45) is 4.56. The van der Waals surface area contributed by atoms with Crippen molar-refractivity contribution in [2.24, 2.45) is 0 Å². The number of rotatable bonds is 9. The van der Waals surface area contributed by atoms with Gasteiger partial charge in [-0.1, -0.05) is 24.8 Å². The predicted octanol–water partition coefficient (Wildman–Crippen LogP) is 3.62. The minimum atomic E-state index is -0.820. The summed E-state index contributed by atoms with van der Waals surface area (Å²) in [4.78, 5) is 33.9. The molecule has 1 aromatic heterocycles. The van der Waals surface area contributed by atoms with E-state index in [2.05, 4.69) is 45.9 Å². The molecule has 1 atom stereocenters. The van der Waals surface area contributed by atoms with Gasteiger partial charge in [0, 0.05) is 32.8 Å². The van der Waals surface area contributed by atoms with Crippen molar-refractivity contribution in [3.63, 3.8) is 0 Å². The first kappa shape index (κ1) is 26.2. The zero-order chi connectivity index (χ0) is 23.4. The first-order valence-corrected chi connectivity index (χ1v) is 10.6. The monoisotopic (exact) mass is 449 g/mol. The number of unbranched alkanes of at least 4 members (excludes halogenated alkanes) is 1. The third kappa shape index (κ3) is 9.71. The third-order valence-corrected chi connectivity index (χ3v) is 4.08. The van der Waals surface area contributed by atoms with Gasteiger partial charge < -0.3 is 15.4 Å². The number of nitrogens with zero attached hydrogens (tertiary/aromatic N) is 3. The fourth-order valence-corrected chi connectivity index (χ4v) is 2.50. The van der Waals surface area contributed by atoms with Crippen molar-refractivity contribution in [2.75, 3.05) is 25.5 Å². The van der Waals surface area contributed by atoms with E-state index < -0.39 is 17.7 Å². The van der Waals surface area contributed by atoms with Crippen molar-refractivity contribution in [3.05, 3.63) is 29.7 Å². The van der Waals surface area contributed by atoms with Crippen LogP contribution in [0.2, 0.25) is 5.28 Å². The summed E-state index contributed by atoms with van der Waals surface area (Å²) in [5.41, 5.74) is 0.0281. The van der Waals surface area contributed by atoms with E-state index in [1.807, 2.05) is 0 Å². The second kappa shape index (κ2) is 12.8. The highest BCUT2D eigenvalue weighted by Gasteiger charge is 2.27. The number of likely N-dealkylation sites (N-methyl/N-ethyl adjacent to an activating group) is 1. The molecule has 31 heavy (non-hydrogen) atoms. The Bertz CT molecular complexity index is 827. The summed E-state index contributed by atoms with van der Waals surface area (Å²) in [6.45, 7) is 12.2. The van der Waals surface area contributed by atoms with E-state index in [-0.39, 0.29) is 11.2 Å². The number of carbonyl (C=O) groups excluding carboxylic acids is 2. The van der Waals surface area contributed by atoms with Crippen LogP contribution in [0.25, 0.3) is 0 Å². The van der Waals surface area contributed by atoms with Crippen LogP contribution in [0.15, 0.2) is 18.9 Å². The number of ether oxygens (including phenoxy) is 1. The van der Waals surface area contributed by atoms with E-state index in [1.165, 1.54) is 18.0 Å². The molecule has 0 aliphatic carbocycles. The molecular weight excluding hydrogens is 418 g/mol. The van der Waals surface area contributed by atoms with Crippen LogP contribution >= 0.6 is 11.6 Å². The van der Waals surface area contributed by atoms with Gasteiger partial charge in [0.1, 0.15) is 17.5 Å². The van der Waals surface area contributed by atoms with Gasteiger partial charge in [-0.25, -0.2) is 9.78 Å². The van der Waals surface area contributed by atoms with E-state index in [0.717, 1.165) is 13.0 Å². The lowest BCUT2D eigenvalue weighted by Gasteiger charge is -2.28. The Kier molecular flexibility index (Phi) is 10.8. The lowest BCUT2D eigenvalue weighted by Crippen LogP contribution is -2.48. The fourth-order valence-electron chi connectivity index (χ4n) is 2.37. The summed E-state index contributed by atoms with van der Waals surface area (Å²) in [5, 5.41) is 6.14. The van der Waals surface area contributed by atoms with Crippen molar-refractivity contribution < 1.29 is 14.3 Å². The van der Waals surface area contributed by atoms with E-state index in [0.29, 0.717) is 30.8 Å². The van der Waals surface area contributed by atoms with Gasteiger partial charge in [-0.2, -0.15) is 4.98 Å². The number of nitrogens with one attached hydrogen (secondary N) is 2. The minimum Gasteiger partial charge on any atom is -0.444 e. The Morgan fingerprint density at radius 2 is 2.10 bits per heavy atom. The molecule has 170 valence electrons. The van der Waals surface area contributed by atoms with E-state index in [1.54, 1.807) is 27.0 Å². The number of aromatic nitrogens is 2. The summed E-state index contributed by atoms with van der Waals surface area (Å²) in [6, 6.07) is -0.820. The predicted molar refractivity (Wildman–Crippen MR) is 123 cm³/mol. The highest BCUT2D eigenvalue weighted by molar-refractivity contribution is 6.28. The molecule has 1 aromatic rings. The molecule has 0 bridgehead atoms. The van der Waals surface area contributed by atoms with Crippen LogP contribution in [0, 0.1) is 11.8 Å². The van der Waals surface area contributed by atoms with E-state index >= 15 is 0 Å². The fraction of sp³-hybridized carbons (Fsp3) is 0.545. The van der Waals surface area contributed by atoms with E-state index in [4.69, 9.17) is 16.3 Å². The molecule has 0 aliphatic rings. The molecule has 2 N–H and O–H groups in total. The maximum atomic E-state index is 12.4. The van der Waals surface area contributed by atoms with Crippen LogP contribution in [0.3, 0.4) is 0 Å². The van der Waals surface area contributed by atoms with Crippen LogP contribution in [0.1, 0.15) is 52.5 Å². The van der Waals surface area contributed by atoms with Gasteiger partial charge >= 0.3 is 6.09 Å². The zero-order valence-electron chi connectivity index (χ0n) is 18.9. The summed E-state index contributed by atoms with van der Waals surface area (Å²) in [7, 11) is 1.50. The number of hydrogen-bond acceptors (Lipinski definition) is 6. The molecular formula is C22H32ClN5O3. The summed E-state index contributed by atoms with van der Waals surface area (Å²) >= 11 is 5.85. The van der Waals surface area contributed by atoms with Gasteiger partial charge in [-0.05, 0) is 45.2 Å². The van der Waals surface area contributed by atoms with Gasteiger partial charge in [-0.3, -0.25) is 9.69 Å². The van der Waals surface area contributed by atoms with Gasteiger partial charge in [0.05, 0.1) is 5.56 Å². The molecule has 0 aliphatic heterocycles. The largest absolute Gasteiger partial charge is 0.444 e. The lowest BCUT2D eigenvalue weighted by atomic mass is 10.2. The lowest BCUT2D eigenvalue weighted by molar-refractivity contribution is -0.124. The van der Waals surface area contributed by atoms with Crippen LogP contribution in [-0.2, 0) is 9.53 Å². The van der Waals surface area contributed by atoms with Crippen molar-refractivity contribution in [3.8, 4) is 11.8 Å². The van der Waals surface area contributed by atoms with Crippen molar-refractivity contribution in [2.45, 2.75) is 58.6 Å². The Balaban J connectivity index is 2.54. The van der Waals surface area contributed by atoms with Crippen LogP contribution in [0.4, 0.5) is 10.6 Å². The quantitative estimate of drug-likeness (QED) is 0.258. The summed E-state index contributed by atoms with van der Waals surface area (Å²) < 4.78 is 5.29. The smallest absolute Gasteiger partial charge is 0.410 e. The maximum absolute atomic E-state index is 12.4. The molecule has 0 spiro atoms. The van der Waals surface area contributed by atoms with Gasteiger partial charge in [-0.15, -0.1) is 6.58 Å². The molecule has 2 amide bonds. The SMILES string of the molecule is C=C[C@@H](C(=O)NCCCC#Cc1cnc(Cl)nc1NCCC)N(C)C(=O)OC(C)(C)C. The molecule has 8 nitrogen and oxygen atoms in total. The highest BCUT2D eigenvalue weighted by Crippen LogP contribution is 2.13. The molecule has 0 unspecified atom stereocenters. The number of anilines is 1. The van der Waals surface area contributed by atoms with Gasteiger partial charge in [0.2, 0.25) is 11.2 Å². The molecule has 1 heterocycles. The van der Waals surface area contributed by atoms with Gasteiger partial charge in [0.15, 0.2) is 0 Å². The summed E-state index contributed by atoms with van der Waals surface area (Å²) in [5.74, 6) is 6.37. The molecule has 0 aromatic carbocycles. The van der Waals surface area contributed by atoms with Gasteiger partial charge in [0.25, 0.3) is 0 Å². The molecule has 1 rings (SSSR count). The van der Waals surface area contributed by atoms with Crippen LogP contribution in [0.5, 0.6) is 0 Å². The third-order valence-electron chi connectivity index (χ3n) is 3.89. The Hall–Kier alpha value is -2.79. The zero-order valence-corrected chi connectivity index (χ0v) is 19.7. The Morgan fingerprint density at radius 1 is 1.39 bits per heavy atom. The number of halogens is 1. The second-order valence-electron chi connectivity index (χ2n) is 7.80. The molecule has 0 fully saturated rings. The standard InChI is InChI=1S/C22H32ClN5O3/c1-7-13-24-18-16(15-26-20(23)27-18)12-10-9-11-14-25-19(29)17(8-2)28(6)21(30)31-22(3,4)5/h8,15,17H,2,7,9,11,13-14H2,1,3-6H3,(H,25,29)(H,24,26,27)/t17-/m0/s1. The second-order valence-corrected chi connectivity index (χ2v) is 8.13. The first-order valence-electron chi connectivity index (χ1n) is 10.2. The van der Waals surface area contributed by atoms with E-state index in [9.17, 15) is 9.59 Å². The number of hydrogen-bond donors (Lipinski definition) is 2. The molecule has 0 saturated carbocycles. The number of carbonyl (C=O) groups is 2. The molecule has 0 radical (unpaired) electrons. The van der Waals surface area contributed by atoms with Crippen molar-refractivity contribution >= 4 is 29.4 Å². The number of amides is 2. The normalized spacial score (nSPS) is 11.5. The Labute approximate surface area is 189 Å². The van der Waals surface area contributed by atoms with Crippen LogP contribution in [-0.4, -0.2) is 58.6 Å². The highest BCUT2D eigenvalue weighted by atomic mass is 35.5. The average Bonchev–Trinajstić information content (AvgIpc) is 2.69. The maximum Gasteiger partial charge on any atom is 0.410 e. The van der Waals surface area contributed by atoms with Crippen LogP contribution < -0.4 is 10.6 Å².